The van der Waals surface area contributed by atoms with E-state index in [4.69, 9.17) is 9.26 Å². The average molecular weight is 392 g/mol. The van der Waals surface area contributed by atoms with Gasteiger partial charge in [-0.1, -0.05) is 5.16 Å². The monoisotopic (exact) mass is 392 g/mol. The van der Waals surface area contributed by atoms with Gasteiger partial charge in [-0.05, 0) is 46.0 Å². The fourth-order valence-corrected chi connectivity index (χ4v) is 4.14. The Balaban J connectivity index is 1.25. The molecule has 1 aromatic heterocycles. The first kappa shape index (κ1) is 19.0. The average Bonchev–Trinajstić information content (AvgIpc) is 3.13. The third-order valence-electron chi connectivity index (χ3n) is 5.67. The summed E-state index contributed by atoms with van der Waals surface area (Å²) in [5.74, 6) is 1.22. The van der Waals surface area contributed by atoms with Crippen LogP contribution >= 0.6 is 0 Å². The quantitative estimate of drug-likeness (QED) is 0.791. The van der Waals surface area contributed by atoms with E-state index in [-0.39, 0.29) is 24.2 Å². The summed E-state index contributed by atoms with van der Waals surface area (Å²) < 4.78 is 10.8. The lowest BCUT2D eigenvalue weighted by Gasteiger charge is -2.39. The number of amides is 3. The minimum Gasteiger partial charge on any atom is -0.444 e. The Morgan fingerprint density at radius 2 is 2.07 bits per heavy atom. The molecule has 3 fully saturated rings. The number of hydroxylamine groups is 2. The van der Waals surface area contributed by atoms with Crippen LogP contribution in [0.4, 0.5) is 9.59 Å². The van der Waals surface area contributed by atoms with Crippen molar-refractivity contribution in [2.75, 3.05) is 19.6 Å². The van der Waals surface area contributed by atoms with Crippen LogP contribution in [0.1, 0.15) is 57.5 Å². The van der Waals surface area contributed by atoms with Gasteiger partial charge in [0.25, 0.3) is 0 Å². The molecule has 0 aromatic carbocycles. The lowest BCUT2D eigenvalue weighted by molar-refractivity contribution is -0.0584. The van der Waals surface area contributed by atoms with Gasteiger partial charge in [-0.15, -0.1) is 0 Å². The maximum Gasteiger partial charge on any atom is 0.410 e. The second-order valence-electron chi connectivity index (χ2n) is 9.03. The number of hydrogen-bond acceptors (Lipinski definition) is 6. The molecule has 1 N–H and O–H groups in total. The van der Waals surface area contributed by atoms with Gasteiger partial charge in [0.15, 0.2) is 0 Å². The summed E-state index contributed by atoms with van der Waals surface area (Å²) in [6.07, 6.45) is 2.93. The Morgan fingerprint density at radius 1 is 1.32 bits per heavy atom. The lowest BCUT2D eigenvalue weighted by atomic mass is 9.94. The zero-order valence-electron chi connectivity index (χ0n) is 16.6. The van der Waals surface area contributed by atoms with Gasteiger partial charge in [0, 0.05) is 32.1 Å². The number of urea groups is 1. The molecule has 154 valence electrons. The third-order valence-corrected chi connectivity index (χ3v) is 5.67. The van der Waals surface area contributed by atoms with E-state index >= 15 is 0 Å². The highest BCUT2D eigenvalue weighted by molar-refractivity contribution is 5.76. The Labute approximate surface area is 164 Å². The van der Waals surface area contributed by atoms with E-state index in [1.165, 1.54) is 0 Å². The van der Waals surface area contributed by atoms with Crippen LogP contribution in [0.15, 0.2) is 10.6 Å². The zero-order valence-corrected chi connectivity index (χ0v) is 16.6. The standard InChI is InChI=1S/C19H28N4O5/c1-19(2,3)27-18(25)21-9-12(10-21)4-6-14-8-15(20-28-14)16-7-5-13-11-22(16)17(24)23(13)26/h8,12-13,16,26H,4-7,9-11H2,1-3H3/t13-,16-/m0/s1. The Kier molecular flexibility index (Phi) is 4.73. The molecule has 3 aliphatic rings. The molecule has 9 heteroatoms. The number of nitrogens with zero attached hydrogens (tertiary/aromatic N) is 4. The first-order valence-corrected chi connectivity index (χ1v) is 9.93. The zero-order chi connectivity index (χ0) is 20.1. The largest absolute Gasteiger partial charge is 0.444 e. The predicted molar refractivity (Wildman–Crippen MR) is 97.6 cm³/mol. The van der Waals surface area contributed by atoms with Crippen molar-refractivity contribution in [3.05, 3.63) is 17.5 Å². The van der Waals surface area contributed by atoms with E-state index in [2.05, 4.69) is 5.16 Å². The first-order chi connectivity index (χ1) is 13.2. The maximum absolute atomic E-state index is 12.1. The van der Waals surface area contributed by atoms with E-state index < -0.39 is 5.60 Å². The molecule has 3 aliphatic heterocycles. The minimum absolute atomic E-state index is 0.110. The van der Waals surface area contributed by atoms with Crippen molar-refractivity contribution in [2.45, 2.75) is 64.1 Å². The molecular formula is C19H28N4O5. The van der Waals surface area contributed by atoms with Gasteiger partial charge in [-0.3, -0.25) is 5.21 Å². The Morgan fingerprint density at radius 3 is 2.79 bits per heavy atom. The summed E-state index contributed by atoms with van der Waals surface area (Å²) >= 11 is 0. The highest BCUT2D eigenvalue weighted by Crippen LogP contribution is 2.37. The normalized spacial score (nSPS) is 25.3. The van der Waals surface area contributed by atoms with Gasteiger partial charge in [-0.25, -0.2) is 14.7 Å². The van der Waals surface area contributed by atoms with Crippen molar-refractivity contribution in [2.24, 2.45) is 5.92 Å². The fourth-order valence-electron chi connectivity index (χ4n) is 4.14. The van der Waals surface area contributed by atoms with Gasteiger partial charge < -0.3 is 19.1 Å². The summed E-state index contributed by atoms with van der Waals surface area (Å²) in [5, 5.41) is 14.8. The number of carbonyl (C=O) groups excluding carboxylic acids is 2. The molecule has 4 rings (SSSR count). The highest BCUT2D eigenvalue weighted by Gasteiger charge is 2.45. The van der Waals surface area contributed by atoms with Crippen molar-refractivity contribution < 1.29 is 24.1 Å². The first-order valence-electron chi connectivity index (χ1n) is 9.93. The molecule has 9 nitrogen and oxygen atoms in total. The van der Waals surface area contributed by atoms with E-state index in [9.17, 15) is 14.8 Å². The van der Waals surface area contributed by atoms with Crippen molar-refractivity contribution in [1.82, 2.24) is 20.0 Å². The summed E-state index contributed by atoms with van der Waals surface area (Å²) in [7, 11) is 0. The van der Waals surface area contributed by atoms with Gasteiger partial charge in [0.2, 0.25) is 0 Å². The van der Waals surface area contributed by atoms with Crippen molar-refractivity contribution >= 4 is 12.1 Å². The highest BCUT2D eigenvalue weighted by atomic mass is 16.6. The van der Waals surface area contributed by atoms with E-state index in [1.54, 1.807) is 9.80 Å². The third kappa shape index (κ3) is 3.67. The van der Waals surface area contributed by atoms with Crippen LogP contribution in [-0.2, 0) is 11.2 Å². The van der Waals surface area contributed by atoms with Gasteiger partial charge in [0.05, 0.1) is 12.1 Å². The molecule has 0 radical (unpaired) electrons. The molecule has 28 heavy (non-hydrogen) atoms. The second-order valence-corrected chi connectivity index (χ2v) is 9.03. The lowest BCUT2D eigenvalue weighted by Crippen LogP contribution is -2.51. The van der Waals surface area contributed by atoms with Crippen LogP contribution in [-0.4, -0.2) is 68.6 Å². The molecule has 0 saturated carbocycles. The second kappa shape index (κ2) is 6.95. The van der Waals surface area contributed by atoms with Crippen LogP contribution in [0.25, 0.3) is 0 Å². The fraction of sp³-hybridized carbons (Fsp3) is 0.737. The number of carbonyl (C=O) groups is 2. The molecule has 2 atom stereocenters. The number of piperidine rings is 1. The number of ether oxygens (including phenoxy) is 1. The smallest absolute Gasteiger partial charge is 0.410 e. The number of fused-ring (bicyclic) bond motifs is 2. The summed E-state index contributed by atoms with van der Waals surface area (Å²) in [6, 6.07) is 1.32. The number of aromatic nitrogens is 1. The molecule has 2 bridgehead atoms. The summed E-state index contributed by atoms with van der Waals surface area (Å²) in [4.78, 5) is 27.5. The molecule has 0 unspecified atom stereocenters. The molecule has 1 aromatic rings. The van der Waals surface area contributed by atoms with E-state index in [0.29, 0.717) is 25.6 Å². The Hall–Kier alpha value is -2.29. The van der Waals surface area contributed by atoms with Gasteiger partial charge in [0.1, 0.15) is 17.1 Å². The predicted octanol–water partition coefficient (Wildman–Crippen LogP) is 2.80. The van der Waals surface area contributed by atoms with Crippen molar-refractivity contribution in [1.29, 1.82) is 0 Å². The van der Waals surface area contributed by atoms with Crippen LogP contribution in [0.2, 0.25) is 0 Å². The van der Waals surface area contributed by atoms with Crippen molar-refractivity contribution in [3.63, 3.8) is 0 Å². The number of rotatable bonds is 4. The Bertz CT molecular complexity index is 752. The summed E-state index contributed by atoms with van der Waals surface area (Å²) in [6.45, 7) is 7.53. The topological polar surface area (TPSA) is 99.4 Å². The van der Waals surface area contributed by atoms with Crippen molar-refractivity contribution in [3.8, 4) is 0 Å². The van der Waals surface area contributed by atoms with Crippen LogP contribution in [0, 0.1) is 5.92 Å². The number of aryl methyl sites for hydroxylation is 1. The van der Waals surface area contributed by atoms with Crippen LogP contribution in [0.5, 0.6) is 0 Å². The molecule has 4 heterocycles. The molecule has 3 amide bonds. The molecule has 0 spiro atoms. The minimum atomic E-state index is -0.471. The molecule has 3 saturated heterocycles. The van der Waals surface area contributed by atoms with Crippen LogP contribution in [0.3, 0.4) is 0 Å². The van der Waals surface area contributed by atoms with E-state index in [0.717, 1.165) is 42.2 Å². The maximum atomic E-state index is 12.1. The van der Waals surface area contributed by atoms with Gasteiger partial charge >= 0.3 is 12.1 Å². The summed E-state index contributed by atoms with van der Waals surface area (Å²) in [5.41, 5.74) is 0.280. The molecule has 0 aliphatic carbocycles. The molecular weight excluding hydrogens is 364 g/mol. The number of hydrogen-bond donors (Lipinski definition) is 1. The van der Waals surface area contributed by atoms with Gasteiger partial charge in [-0.2, -0.15) is 0 Å². The number of likely N-dealkylation sites (tertiary alicyclic amines) is 1. The SMILES string of the molecule is CC(C)(C)OC(=O)N1CC(CCc2cc([C@@H]3CC[C@H]4CN3C(=O)N4O)no2)C1. The van der Waals surface area contributed by atoms with Crippen LogP contribution < -0.4 is 0 Å². The van der Waals surface area contributed by atoms with E-state index in [1.807, 2.05) is 26.8 Å².